The Kier molecular flexibility index (Phi) is 6.89. The fourth-order valence-electron chi connectivity index (χ4n) is 10.0. The zero-order valence-corrected chi connectivity index (χ0v) is 23.4. The number of benzene rings is 2. The molecule has 0 saturated heterocycles. The fourth-order valence-corrected chi connectivity index (χ4v) is 10.0. The summed E-state index contributed by atoms with van der Waals surface area (Å²) >= 11 is 0. The molecule has 1 nitrogen and oxygen atoms in total. The van der Waals surface area contributed by atoms with Crippen LogP contribution in [0, 0.1) is 40.4 Å². The van der Waals surface area contributed by atoms with Crippen LogP contribution in [0.2, 0.25) is 0 Å². The fraction of sp³-hybridized carbons (Fsp3) is 0.611. The Balaban J connectivity index is 1.19. The van der Waals surface area contributed by atoms with Crippen LogP contribution in [0.15, 0.2) is 72.3 Å². The van der Waals surface area contributed by atoms with Crippen LogP contribution in [0.3, 0.4) is 0 Å². The number of fused-ring (bicyclic) bond motifs is 5. The van der Waals surface area contributed by atoms with Gasteiger partial charge in [0, 0.05) is 5.92 Å². The van der Waals surface area contributed by atoms with Crippen molar-refractivity contribution < 1.29 is 5.11 Å². The van der Waals surface area contributed by atoms with Gasteiger partial charge in [-0.05, 0) is 116 Å². The van der Waals surface area contributed by atoms with Gasteiger partial charge in [0.2, 0.25) is 0 Å². The average Bonchev–Trinajstić information content (AvgIpc) is 3.28. The van der Waals surface area contributed by atoms with Gasteiger partial charge in [0.15, 0.2) is 0 Å². The van der Waals surface area contributed by atoms with E-state index in [-0.39, 0.29) is 6.10 Å². The predicted octanol–water partition coefficient (Wildman–Crippen LogP) is 9.17. The van der Waals surface area contributed by atoms with E-state index in [1.54, 1.807) is 0 Å². The second-order valence-electron chi connectivity index (χ2n) is 13.8. The molecule has 0 aromatic heterocycles. The standard InChI is InChI=1S/C36H48O/c1-25(14-16-30(26-10-6-4-7-11-26)27-12-8-5-9-13-27)32-18-19-33-31-17-15-28-24-29(37)20-22-35(28,2)34(31)21-23-36(32,33)3/h4-13,21,25,28-33,37H,14-20,22-24H2,1-3H3/t25-,28-,29-,31+,32+,33-,35+,36+/m1/s1. The summed E-state index contributed by atoms with van der Waals surface area (Å²) in [6.07, 6.45) is 15.3. The molecule has 2 aromatic rings. The molecule has 3 fully saturated rings. The van der Waals surface area contributed by atoms with Crippen molar-refractivity contribution in [1.82, 2.24) is 0 Å². The van der Waals surface area contributed by atoms with Gasteiger partial charge in [0.1, 0.15) is 0 Å². The topological polar surface area (TPSA) is 20.2 Å². The van der Waals surface area contributed by atoms with E-state index in [1.807, 2.05) is 5.57 Å². The highest BCUT2D eigenvalue weighted by molar-refractivity contribution is 5.32. The molecule has 0 bridgehead atoms. The lowest BCUT2D eigenvalue weighted by Gasteiger charge is -2.57. The molecule has 37 heavy (non-hydrogen) atoms. The summed E-state index contributed by atoms with van der Waals surface area (Å²) in [7, 11) is 0. The molecule has 4 aliphatic rings. The van der Waals surface area contributed by atoms with Crippen molar-refractivity contribution in [3.8, 4) is 0 Å². The van der Waals surface area contributed by atoms with Crippen molar-refractivity contribution in [3.63, 3.8) is 0 Å². The maximum absolute atomic E-state index is 10.4. The van der Waals surface area contributed by atoms with Crippen LogP contribution in [0.1, 0.15) is 102 Å². The molecular formula is C36H48O. The zero-order chi connectivity index (χ0) is 25.6. The molecule has 0 heterocycles. The van der Waals surface area contributed by atoms with Crippen LogP contribution in [-0.4, -0.2) is 11.2 Å². The lowest BCUT2D eigenvalue weighted by molar-refractivity contribution is -0.0158. The third kappa shape index (κ3) is 4.44. The third-order valence-electron chi connectivity index (χ3n) is 12.1. The Morgan fingerprint density at radius 1 is 0.838 bits per heavy atom. The molecule has 1 heteroatoms. The van der Waals surface area contributed by atoms with Gasteiger partial charge in [-0.25, -0.2) is 0 Å². The van der Waals surface area contributed by atoms with Gasteiger partial charge in [-0.1, -0.05) is 93.1 Å². The van der Waals surface area contributed by atoms with Crippen LogP contribution in [0.5, 0.6) is 0 Å². The maximum atomic E-state index is 10.4. The van der Waals surface area contributed by atoms with Gasteiger partial charge in [-0.2, -0.15) is 0 Å². The smallest absolute Gasteiger partial charge is 0.0543 e. The maximum Gasteiger partial charge on any atom is 0.0543 e. The van der Waals surface area contributed by atoms with Crippen LogP contribution >= 0.6 is 0 Å². The summed E-state index contributed by atoms with van der Waals surface area (Å²) in [6.45, 7) is 7.81. The Morgan fingerprint density at radius 3 is 2.19 bits per heavy atom. The van der Waals surface area contributed by atoms with Crippen molar-refractivity contribution in [1.29, 1.82) is 0 Å². The largest absolute Gasteiger partial charge is 0.393 e. The highest BCUT2D eigenvalue weighted by atomic mass is 16.3. The Labute approximate surface area is 225 Å². The molecule has 2 aromatic carbocycles. The van der Waals surface area contributed by atoms with Gasteiger partial charge in [0.05, 0.1) is 6.10 Å². The molecule has 1 N–H and O–H groups in total. The lowest BCUT2D eigenvalue weighted by atomic mass is 9.48. The van der Waals surface area contributed by atoms with Crippen molar-refractivity contribution >= 4 is 0 Å². The molecule has 0 unspecified atom stereocenters. The lowest BCUT2D eigenvalue weighted by Crippen LogP contribution is -2.48. The molecule has 4 aliphatic carbocycles. The van der Waals surface area contributed by atoms with E-state index < -0.39 is 0 Å². The molecule has 8 atom stereocenters. The molecule has 0 aliphatic heterocycles. The molecule has 0 amide bonds. The van der Waals surface area contributed by atoms with E-state index in [0.29, 0.717) is 22.7 Å². The van der Waals surface area contributed by atoms with Crippen LogP contribution in [-0.2, 0) is 0 Å². The molecule has 0 radical (unpaired) electrons. The molecular weight excluding hydrogens is 448 g/mol. The van der Waals surface area contributed by atoms with E-state index >= 15 is 0 Å². The van der Waals surface area contributed by atoms with Crippen molar-refractivity contribution in [2.24, 2.45) is 40.4 Å². The van der Waals surface area contributed by atoms with E-state index in [1.165, 1.54) is 62.5 Å². The minimum Gasteiger partial charge on any atom is -0.393 e. The number of aliphatic hydroxyl groups is 1. The van der Waals surface area contributed by atoms with Crippen molar-refractivity contribution in [3.05, 3.63) is 83.4 Å². The van der Waals surface area contributed by atoms with Crippen LogP contribution in [0.25, 0.3) is 0 Å². The summed E-state index contributed by atoms with van der Waals surface area (Å²) in [5.74, 6) is 4.45. The summed E-state index contributed by atoms with van der Waals surface area (Å²) in [6, 6.07) is 22.4. The first kappa shape index (κ1) is 25.4. The van der Waals surface area contributed by atoms with E-state index in [0.717, 1.165) is 36.5 Å². The number of hydrogen-bond acceptors (Lipinski definition) is 1. The normalized spacial score (nSPS) is 37.9. The Morgan fingerprint density at radius 2 is 1.51 bits per heavy atom. The number of rotatable bonds is 6. The number of aliphatic hydroxyl groups excluding tert-OH is 1. The highest BCUT2D eigenvalue weighted by Gasteiger charge is 2.57. The summed E-state index contributed by atoms with van der Waals surface area (Å²) in [5, 5.41) is 10.4. The van der Waals surface area contributed by atoms with Crippen molar-refractivity contribution in [2.45, 2.75) is 97.0 Å². The second kappa shape index (κ2) is 10.0. The predicted molar refractivity (Wildman–Crippen MR) is 154 cm³/mol. The van der Waals surface area contributed by atoms with Gasteiger partial charge in [-0.3, -0.25) is 0 Å². The number of hydrogen-bond donors (Lipinski definition) is 1. The van der Waals surface area contributed by atoms with Gasteiger partial charge in [0.25, 0.3) is 0 Å². The molecule has 6 rings (SSSR count). The van der Waals surface area contributed by atoms with Gasteiger partial charge >= 0.3 is 0 Å². The van der Waals surface area contributed by atoms with Gasteiger partial charge in [-0.15, -0.1) is 0 Å². The first-order valence-corrected chi connectivity index (χ1v) is 15.4. The Bertz CT molecular complexity index is 1050. The summed E-state index contributed by atoms with van der Waals surface area (Å²) in [4.78, 5) is 0. The quantitative estimate of drug-likeness (QED) is 0.395. The second-order valence-corrected chi connectivity index (χ2v) is 13.8. The number of allylic oxidation sites excluding steroid dienone is 2. The molecule has 198 valence electrons. The van der Waals surface area contributed by atoms with E-state index in [4.69, 9.17) is 0 Å². The van der Waals surface area contributed by atoms with E-state index in [2.05, 4.69) is 87.5 Å². The Hall–Kier alpha value is -1.86. The van der Waals surface area contributed by atoms with Gasteiger partial charge < -0.3 is 5.11 Å². The summed E-state index contributed by atoms with van der Waals surface area (Å²) < 4.78 is 0. The highest BCUT2D eigenvalue weighted by Crippen LogP contribution is 2.66. The average molecular weight is 497 g/mol. The SMILES string of the molecule is C[C@H](CCC(c1ccccc1)c1ccccc1)[C@@H]1CC[C@@H]2[C@@H]3CC[C@@H]4C[C@H](O)CC[C@]4(C)C3=CC[C@]21C. The zero-order valence-electron chi connectivity index (χ0n) is 23.4. The van der Waals surface area contributed by atoms with Crippen molar-refractivity contribution in [2.75, 3.05) is 0 Å². The first-order chi connectivity index (χ1) is 17.9. The minimum atomic E-state index is -0.0589. The van der Waals surface area contributed by atoms with Crippen LogP contribution < -0.4 is 0 Å². The summed E-state index contributed by atoms with van der Waals surface area (Å²) in [5.41, 5.74) is 5.55. The molecule has 0 spiro atoms. The first-order valence-electron chi connectivity index (χ1n) is 15.4. The van der Waals surface area contributed by atoms with E-state index in [9.17, 15) is 5.11 Å². The molecule has 3 saturated carbocycles. The third-order valence-corrected chi connectivity index (χ3v) is 12.1. The minimum absolute atomic E-state index is 0.0589. The monoisotopic (exact) mass is 496 g/mol. The van der Waals surface area contributed by atoms with Crippen LogP contribution in [0.4, 0.5) is 0 Å².